The molecule has 0 spiro atoms. The van der Waals surface area contributed by atoms with E-state index < -0.39 is 0 Å². The van der Waals surface area contributed by atoms with E-state index in [2.05, 4.69) is 27.1 Å². The van der Waals surface area contributed by atoms with Gasteiger partial charge in [0.15, 0.2) is 0 Å². The molecule has 0 aliphatic carbocycles. The van der Waals surface area contributed by atoms with Gasteiger partial charge in [0.2, 0.25) is 5.91 Å². The Bertz CT molecular complexity index is 1560. The fourth-order valence-corrected chi connectivity index (χ4v) is 4.25. The molecular weight excluding hydrogens is 606 g/mol. The van der Waals surface area contributed by atoms with Crippen molar-refractivity contribution < 1.29 is 24.0 Å². The third-order valence-electron chi connectivity index (χ3n) is 6.18. The van der Waals surface area contributed by atoms with E-state index in [1.807, 2.05) is 109 Å². The fourth-order valence-electron chi connectivity index (χ4n) is 4.25. The van der Waals surface area contributed by atoms with Crippen LogP contribution >= 0.6 is 0 Å². The van der Waals surface area contributed by atoms with Gasteiger partial charge in [-0.3, -0.25) is 39.1 Å². The number of aromatic amines is 1. The third-order valence-corrected chi connectivity index (χ3v) is 6.18. The Hall–Kier alpha value is -5.77. The lowest BCUT2D eigenvalue weighted by atomic mass is 10.1. The first-order valence-corrected chi connectivity index (χ1v) is 16.3. The van der Waals surface area contributed by atoms with Crippen molar-refractivity contribution in [2.45, 2.75) is 61.8 Å². The Kier molecular flexibility index (Phi) is 18.3. The number of fused-ring (bicyclic) bond motifs is 4. The van der Waals surface area contributed by atoms with E-state index >= 15 is 0 Å². The van der Waals surface area contributed by atoms with Gasteiger partial charge in [-0.05, 0) is 54.1 Å². The fraction of sp³-hybridized carbons (Fsp3) is 0.237. The van der Waals surface area contributed by atoms with Crippen LogP contribution in [0.3, 0.4) is 0 Å². The number of carbonyl (C=O) groups is 5. The first-order valence-electron chi connectivity index (χ1n) is 16.3. The molecule has 0 bridgehead atoms. The highest BCUT2D eigenvalue weighted by atomic mass is 16.2. The summed E-state index contributed by atoms with van der Waals surface area (Å²) in [7, 11) is 0. The van der Waals surface area contributed by atoms with Crippen molar-refractivity contribution in [1.82, 2.24) is 20.2 Å². The number of carbonyl (C=O) groups excluding carboxylic acids is 5. The lowest BCUT2D eigenvalue weighted by Crippen LogP contribution is -2.19. The minimum absolute atomic E-state index is 0.0983. The smallest absolute Gasteiger partial charge is 0.258 e. The van der Waals surface area contributed by atoms with Gasteiger partial charge < -0.3 is 10.4 Å². The molecule has 0 saturated heterocycles. The largest absolute Gasteiger partial charge is 0.326 e. The number of benzene rings is 3. The molecule has 5 amide bonds. The third kappa shape index (κ3) is 10.9. The maximum atomic E-state index is 10.9. The molecule has 5 heterocycles. The van der Waals surface area contributed by atoms with Gasteiger partial charge in [-0.2, -0.15) is 0 Å². The standard InChI is InChI=1S/2C8H5NO2.C8H7NO.C6H6N2.4C2H6/c2*10-7-5-3-1-2-4-6(5)8(11)9-7;10-8-5-6-3-1-2-4-7(6)9-8;1-2-6-3-4-7-8(6)5-1;4*1-2/h2*1-4H,(H,9,10,11);1-4H,5H2,(H,9,10);1-5,7H;4*1-2H3. The van der Waals surface area contributed by atoms with Crippen molar-refractivity contribution in [2.75, 3.05) is 5.32 Å². The van der Waals surface area contributed by atoms with Crippen LogP contribution in [0.4, 0.5) is 5.69 Å². The van der Waals surface area contributed by atoms with Crippen LogP contribution in [0.15, 0.2) is 103 Å². The van der Waals surface area contributed by atoms with Gasteiger partial charge in [-0.25, -0.2) is 0 Å². The van der Waals surface area contributed by atoms with Crippen LogP contribution < -0.4 is 16.0 Å². The molecular formula is C38H47N5O5. The van der Waals surface area contributed by atoms with Crippen molar-refractivity contribution >= 4 is 40.7 Å². The number of imide groups is 2. The molecule has 48 heavy (non-hydrogen) atoms. The number of rotatable bonds is 0. The van der Waals surface area contributed by atoms with Crippen molar-refractivity contribution in [2.24, 2.45) is 0 Å². The topological polar surface area (TPSA) is 142 Å². The second kappa shape index (κ2) is 21.9. The van der Waals surface area contributed by atoms with E-state index in [1.165, 1.54) is 5.52 Å². The zero-order chi connectivity index (χ0) is 36.1. The summed E-state index contributed by atoms with van der Waals surface area (Å²) in [5.41, 5.74) is 5.16. The van der Waals surface area contributed by atoms with Gasteiger partial charge in [0, 0.05) is 18.1 Å². The summed E-state index contributed by atoms with van der Waals surface area (Å²) in [6, 6.07) is 27.3. The number of anilines is 1. The average Bonchev–Trinajstić information content (AvgIpc) is 3.97. The average molecular weight is 654 g/mol. The zero-order valence-electron chi connectivity index (χ0n) is 29.0. The molecule has 5 aromatic rings. The molecule has 0 unspecified atom stereocenters. The van der Waals surface area contributed by atoms with E-state index in [0.29, 0.717) is 28.7 Å². The molecule has 254 valence electrons. The molecule has 8 rings (SSSR count). The lowest BCUT2D eigenvalue weighted by Gasteiger charge is -1.93. The second-order valence-corrected chi connectivity index (χ2v) is 8.81. The summed E-state index contributed by atoms with van der Waals surface area (Å²) in [6.45, 7) is 16.0. The van der Waals surface area contributed by atoms with Crippen molar-refractivity contribution in [3.8, 4) is 0 Å². The van der Waals surface area contributed by atoms with Gasteiger partial charge in [0.25, 0.3) is 23.6 Å². The summed E-state index contributed by atoms with van der Waals surface area (Å²) in [4.78, 5) is 54.6. The highest BCUT2D eigenvalue weighted by Gasteiger charge is 2.26. The Balaban J connectivity index is 0.000000300. The van der Waals surface area contributed by atoms with Crippen LogP contribution in [-0.4, -0.2) is 39.1 Å². The molecule has 0 radical (unpaired) electrons. The zero-order valence-corrected chi connectivity index (χ0v) is 29.0. The number of para-hydroxylation sites is 1. The molecule has 3 aliphatic heterocycles. The van der Waals surface area contributed by atoms with Crippen LogP contribution in [0.5, 0.6) is 0 Å². The van der Waals surface area contributed by atoms with Crippen molar-refractivity contribution in [1.29, 1.82) is 0 Å². The Morgan fingerprint density at radius 2 is 0.896 bits per heavy atom. The van der Waals surface area contributed by atoms with Crippen molar-refractivity contribution in [3.05, 3.63) is 131 Å². The molecule has 0 fully saturated rings. The molecule has 10 nitrogen and oxygen atoms in total. The van der Waals surface area contributed by atoms with Crippen LogP contribution in [0, 0.1) is 0 Å². The lowest BCUT2D eigenvalue weighted by molar-refractivity contribution is -0.115. The minimum Gasteiger partial charge on any atom is -0.326 e. The van der Waals surface area contributed by atoms with E-state index in [9.17, 15) is 24.0 Å². The number of amides is 5. The number of H-pyrrole nitrogens is 1. The van der Waals surface area contributed by atoms with E-state index in [0.717, 1.165) is 11.3 Å². The molecule has 2 aromatic heterocycles. The van der Waals surface area contributed by atoms with Crippen LogP contribution in [-0.2, 0) is 11.2 Å². The molecule has 10 heteroatoms. The minimum atomic E-state index is -0.300. The van der Waals surface area contributed by atoms with E-state index in [-0.39, 0.29) is 29.5 Å². The van der Waals surface area contributed by atoms with Gasteiger partial charge in [0.05, 0.1) is 34.2 Å². The normalized spacial score (nSPS) is 12.0. The highest BCUT2D eigenvalue weighted by molar-refractivity contribution is 6.22. The Labute approximate surface area is 282 Å². The summed E-state index contributed by atoms with van der Waals surface area (Å²) < 4.78 is 1.96. The summed E-state index contributed by atoms with van der Waals surface area (Å²) in [5.74, 6) is -1.10. The predicted octanol–water partition coefficient (Wildman–Crippen LogP) is 7.69. The number of hydrogen-bond acceptors (Lipinski definition) is 5. The number of nitrogens with zero attached hydrogens (tertiary/aromatic N) is 1. The molecule has 4 N–H and O–H groups in total. The van der Waals surface area contributed by atoms with Gasteiger partial charge in [0.1, 0.15) is 0 Å². The van der Waals surface area contributed by atoms with E-state index in [4.69, 9.17) is 0 Å². The number of nitrogens with one attached hydrogen (secondary N) is 4. The molecule has 3 aromatic carbocycles. The quantitative estimate of drug-likeness (QED) is 0.127. The summed E-state index contributed by atoms with van der Waals surface area (Å²) in [5, 5.41) is 10.2. The van der Waals surface area contributed by atoms with Gasteiger partial charge in [-0.1, -0.05) is 97.9 Å². The van der Waals surface area contributed by atoms with Crippen LogP contribution in [0.1, 0.15) is 102 Å². The Morgan fingerprint density at radius 3 is 1.31 bits per heavy atom. The molecule has 0 atom stereocenters. The monoisotopic (exact) mass is 653 g/mol. The van der Waals surface area contributed by atoms with Crippen LogP contribution in [0.2, 0.25) is 0 Å². The number of hydrogen-bond donors (Lipinski definition) is 4. The first kappa shape index (κ1) is 40.3. The predicted molar refractivity (Wildman–Crippen MR) is 192 cm³/mol. The Morgan fingerprint density at radius 1 is 0.479 bits per heavy atom. The SMILES string of the molecule is CC.CC.CC.CC.O=C1Cc2ccccc2N1.O=C1NC(=O)c2ccccc21.O=C1NC(=O)c2ccccc21.c1cc2cc[nH]n2c1. The summed E-state index contributed by atoms with van der Waals surface area (Å²) in [6.07, 6.45) is 4.43. The maximum absolute atomic E-state index is 10.9. The van der Waals surface area contributed by atoms with Gasteiger partial charge >= 0.3 is 0 Å². The molecule has 3 aliphatic rings. The van der Waals surface area contributed by atoms with Gasteiger partial charge in [-0.15, -0.1) is 0 Å². The van der Waals surface area contributed by atoms with Crippen LogP contribution in [0.25, 0.3) is 5.52 Å². The van der Waals surface area contributed by atoms with Crippen molar-refractivity contribution in [3.63, 3.8) is 0 Å². The summed E-state index contributed by atoms with van der Waals surface area (Å²) >= 11 is 0. The maximum Gasteiger partial charge on any atom is 0.258 e. The second-order valence-electron chi connectivity index (χ2n) is 8.81. The number of aromatic nitrogens is 2. The first-order chi connectivity index (χ1) is 23.4. The highest BCUT2D eigenvalue weighted by Crippen LogP contribution is 2.21. The molecule has 0 saturated carbocycles. The van der Waals surface area contributed by atoms with E-state index in [1.54, 1.807) is 48.5 Å².